The first kappa shape index (κ1) is 20.0. The highest BCUT2D eigenvalue weighted by atomic mass is 19.1. The first-order chi connectivity index (χ1) is 12.6. The number of hydrogen-bond donors (Lipinski definition) is 2. The molecule has 0 unspecified atom stereocenters. The highest BCUT2D eigenvalue weighted by Crippen LogP contribution is 2.22. The Morgan fingerprint density at radius 1 is 1.38 bits per heavy atom. The second-order valence-electron chi connectivity index (χ2n) is 6.33. The van der Waals surface area contributed by atoms with Gasteiger partial charge in [-0.05, 0) is 57.5 Å². The summed E-state index contributed by atoms with van der Waals surface area (Å²) in [7, 11) is 1.80. The summed E-state index contributed by atoms with van der Waals surface area (Å²) in [5.41, 5.74) is 1.51. The van der Waals surface area contributed by atoms with Crippen LogP contribution in [0.4, 0.5) is 10.1 Å². The van der Waals surface area contributed by atoms with Crippen LogP contribution in [0, 0.1) is 5.82 Å². The summed E-state index contributed by atoms with van der Waals surface area (Å²) in [4.78, 5) is 6.69. The van der Waals surface area contributed by atoms with Gasteiger partial charge in [0.1, 0.15) is 5.84 Å². The number of benzene rings is 1. The first-order valence-corrected chi connectivity index (χ1v) is 9.08. The van der Waals surface area contributed by atoms with Crippen LogP contribution in [0.1, 0.15) is 26.2 Å². The van der Waals surface area contributed by atoms with Crippen LogP contribution < -0.4 is 15.4 Å². The number of nitrogens with one attached hydrogen (secondary N) is 2. The molecule has 0 atom stereocenters. The summed E-state index contributed by atoms with van der Waals surface area (Å²) in [6, 6.07) is 4.74. The average molecular weight is 360 g/mol. The minimum absolute atomic E-state index is 0.267. The number of rotatable bonds is 9. The maximum absolute atomic E-state index is 13.9. The number of amidine groups is 1. The number of anilines is 1. The van der Waals surface area contributed by atoms with Crippen molar-refractivity contribution in [2.75, 3.05) is 38.6 Å². The lowest BCUT2D eigenvalue weighted by molar-refractivity contribution is 0.256. The van der Waals surface area contributed by atoms with Crippen molar-refractivity contribution >= 4 is 11.5 Å². The summed E-state index contributed by atoms with van der Waals surface area (Å²) < 4.78 is 19.6. The molecule has 0 aliphatic carbocycles. The predicted octanol–water partition coefficient (Wildman–Crippen LogP) is 3.77. The normalized spacial score (nSPS) is 15.4. The van der Waals surface area contributed by atoms with E-state index in [0.717, 1.165) is 24.4 Å². The summed E-state index contributed by atoms with van der Waals surface area (Å²) in [6.45, 7) is 9.49. The van der Waals surface area contributed by atoms with E-state index in [1.165, 1.54) is 32.0 Å². The fourth-order valence-corrected chi connectivity index (χ4v) is 2.73. The van der Waals surface area contributed by atoms with E-state index in [1.807, 2.05) is 6.92 Å². The van der Waals surface area contributed by atoms with Crippen LogP contribution >= 0.6 is 0 Å². The fourth-order valence-electron chi connectivity index (χ4n) is 2.73. The van der Waals surface area contributed by atoms with E-state index >= 15 is 0 Å². The smallest absolute Gasteiger partial charge is 0.165 e. The molecule has 1 aliphatic heterocycles. The molecule has 0 bridgehead atoms. The molecule has 142 valence electrons. The number of likely N-dealkylation sites (tertiary alicyclic amines) is 1. The lowest BCUT2D eigenvalue weighted by Gasteiger charge is -2.15. The maximum Gasteiger partial charge on any atom is 0.165 e. The van der Waals surface area contributed by atoms with E-state index in [1.54, 1.807) is 31.5 Å². The Morgan fingerprint density at radius 2 is 2.15 bits per heavy atom. The number of ether oxygens (including phenoxy) is 1. The van der Waals surface area contributed by atoms with Gasteiger partial charge in [0.25, 0.3) is 0 Å². The van der Waals surface area contributed by atoms with Crippen molar-refractivity contribution in [2.45, 2.75) is 26.2 Å². The Kier molecular flexibility index (Phi) is 8.15. The average Bonchev–Trinajstić information content (AvgIpc) is 3.14. The van der Waals surface area contributed by atoms with Gasteiger partial charge in [0, 0.05) is 37.2 Å². The van der Waals surface area contributed by atoms with E-state index in [-0.39, 0.29) is 11.6 Å². The van der Waals surface area contributed by atoms with Gasteiger partial charge in [0.2, 0.25) is 0 Å². The van der Waals surface area contributed by atoms with Gasteiger partial charge in [-0.25, -0.2) is 9.38 Å². The maximum atomic E-state index is 13.9. The van der Waals surface area contributed by atoms with E-state index < -0.39 is 0 Å². The van der Waals surface area contributed by atoms with Crippen molar-refractivity contribution in [2.24, 2.45) is 4.99 Å². The Labute approximate surface area is 155 Å². The van der Waals surface area contributed by atoms with E-state index in [2.05, 4.69) is 27.1 Å². The minimum Gasteiger partial charge on any atom is -0.490 e. The van der Waals surface area contributed by atoms with Crippen molar-refractivity contribution in [1.29, 1.82) is 0 Å². The molecule has 6 heteroatoms. The number of aliphatic imine (C=N–C) groups is 1. The van der Waals surface area contributed by atoms with Gasteiger partial charge < -0.3 is 20.3 Å². The molecule has 1 aromatic rings. The topological polar surface area (TPSA) is 48.9 Å². The van der Waals surface area contributed by atoms with E-state index in [9.17, 15) is 4.39 Å². The zero-order valence-corrected chi connectivity index (χ0v) is 15.7. The predicted molar refractivity (Wildman–Crippen MR) is 106 cm³/mol. The van der Waals surface area contributed by atoms with Crippen LogP contribution in [0.3, 0.4) is 0 Å². The minimum atomic E-state index is -0.350. The summed E-state index contributed by atoms with van der Waals surface area (Å²) in [5, 5.41) is 6.04. The molecular weight excluding hydrogens is 331 g/mol. The molecule has 2 N–H and O–H groups in total. The van der Waals surface area contributed by atoms with Gasteiger partial charge in [-0.15, -0.1) is 0 Å². The lowest BCUT2D eigenvalue weighted by atomic mass is 10.3. The van der Waals surface area contributed by atoms with Crippen molar-refractivity contribution in [1.82, 2.24) is 10.2 Å². The number of allylic oxidation sites excluding steroid dienone is 1. The molecule has 1 heterocycles. The van der Waals surface area contributed by atoms with Crippen molar-refractivity contribution < 1.29 is 9.13 Å². The number of hydrogen-bond acceptors (Lipinski definition) is 4. The molecule has 1 fully saturated rings. The molecule has 0 aromatic heterocycles. The van der Waals surface area contributed by atoms with Crippen molar-refractivity contribution in [3.63, 3.8) is 0 Å². The zero-order chi connectivity index (χ0) is 18.8. The van der Waals surface area contributed by atoms with Gasteiger partial charge in [-0.3, -0.25) is 0 Å². The molecule has 5 nitrogen and oxygen atoms in total. The summed E-state index contributed by atoms with van der Waals surface area (Å²) >= 11 is 0. The molecular formula is C20H29FN4O. The second kappa shape index (κ2) is 10.6. The van der Waals surface area contributed by atoms with Crippen molar-refractivity contribution in [3.8, 4) is 5.75 Å². The van der Waals surface area contributed by atoms with Crippen LogP contribution in [0.2, 0.25) is 0 Å². The molecule has 1 aromatic carbocycles. The van der Waals surface area contributed by atoms with E-state index in [4.69, 9.17) is 4.74 Å². The zero-order valence-electron chi connectivity index (χ0n) is 15.7. The number of likely N-dealkylation sites (N-methyl/N-ethyl adjacent to an activating group) is 1. The molecule has 0 radical (unpaired) electrons. The second-order valence-corrected chi connectivity index (χ2v) is 6.33. The third-order valence-electron chi connectivity index (χ3n) is 4.20. The van der Waals surface area contributed by atoms with Crippen LogP contribution in [-0.4, -0.2) is 44.0 Å². The van der Waals surface area contributed by atoms with Gasteiger partial charge in [-0.1, -0.05) is 6.58 Å². The summed E-state index contributed by atoms with van der Waals surface area (Å²) in [5.74, 6) is 0.608. The molecule has 0 spiro atoms. The van der Waals surface area contributed by atoms with Crippen LogP contribution in [0.25, 0.3) is 0 Å². The number of nitrogens with zero attached hydrogens (tertiary/aromatic N) is 2. The standard InChI is InChI=1S/C20H29FN4O/c1-16(22-3)9-10-23-17(2)24-18-7-8-19(21)20(15-18)26-14-6-13-25-11-4-5-12-25/h7-10,15,22H,1,4-6,11-14H2,2-3H3,(H,23,24)/b10-9-. The van der Waals surface area contributed by atoms with Crippen LogP contribution in [0.15, 0.2) is 47.7 Å². The molecule has 0 saturated carbocycles. The Morgan fingerprint density at radius 3 is 2.88 bits per heavy atom. The Bertz CT molecular complexity index is 651. The fraction of sp³-hybridized carbons (Fsp3) is 0.450. The third kappa shape index (κ3) is 6.88. The molecule has 0 amide bonds. The molecule has 26 heavy (non-hydrogen) atoms. The SMILES string of the molecule is C=C(/C=C\N=C(C)Nc1ccc(F)c(OCCCN2CCCC2)c1)NC. The summed E-state index contributed by atoms with van der Waals surface area (Å²) in [6.07, 6.45) is 6.88. The number of halogens is 1. The van der Waals surface area contributed by atoms with Gasteiger partial charge in [0.15, 0.2) is 11.6 Å². The Hall–Kier alpha value is -2.34. The van der Waals surface area contributed by atoms with Gasteiger partial charge >= 0.3 is 0 Å². The molecule has 1 aliphatic rings. The quantitative estimate of drug-likeness (QED) is 0.305. The highest BCUT2D eigenvalue weighted by Gasteiger charge is 2.11. The van der Waals surface area contributed by atoms with Crippen LogP contribution in [-0.2, 0) is 0 Å². The third-order valence-corrected chi connectivity index (χ3v) is 4.20. The first-order valence-electron chi connectivity index (χ1n) is 9.08. The van der Waals surface area contributed by atoms with Crippen molar-refractivity contribution in [3.05, 3.63) is 48.6 Å². The monoisotopic (exact) mass is 360 g/mol. The lowest BCUT2D eigenvalue weighted by Crippen LogP contribution is -2.22. The molecule has 2 rings (SSSR count). The van der Waals surface area contributed by atoms with Crippen LogP contribution in [0.5, 0.6) is 5.75 Å². The van der Waals surface area contributed by atoms with Gasteiger partial charge in [0.05, 0.1) is 6.61 Å². The van der Waals surface area contributed by atoms with E-state index in [0.29, 0.717) is 12.4 Å². The largest absolute Gasteiger partial charge is 0.490 e. The highest BCUT2D eigenvalue weighted by molar-refractivity contribution is 5.94. The van der Waals surface area contributed by atoms with Gasteiger partial charge in [-0.2, -0.15) is 0 Å². The molecule has 1 saturated heterocycles. The Balaban J connectivity index is 1.84.